The maximum Gasteiger partial charge on any atom is 0.294 e. The molecule has 0 aliphatic carbocycles. The van der Waals surface area contributed by atoms with Crippen LogP contribution in [0.15, 0.2) is 59.6 Å². The molecule has 3 amide bonds. The van der Waals surface area contributed by atoms with E-state index >= 15 is 0 Å². The van der Waals surface area contributed by atoms with Crippen molar-refractivity contribution in [2.75, 3.05) is 19.0 Å². The molecule has 2 heterocycles. The highest BCUT2D eigenvalue weighted by atomic mass is 32.2. The first-order chi connectivity index (χ1) is 14.5. The first kappa shape index (κ1) is 19.8. The van der Waals surface area contributed by atoms with Gasteiger partial charge in [-0.3, -0.25) is 19.3 Å². The molecule has 1 saturated heterocycles. The van der Waals surface area contributed by atoms with E-state index in [1.54, 1.807) is 30.3 Å². The summed E-state index contributed by atoms with van der Waals surface area (Å²) >= 11 is 0.835. The smallest absolute Gasteiger partial charge is 0.294 e. The number of anilines is 1. The fraction of sp³-hybridized carbons (Fsp3) is 0.136. The molecular weight excluding hydrogens is 402 g/mol. The Kier molecular flexibility index (Phi) is 5.33. The van der Waals surface area contributed by atoms with Crippen LogP contribution in [0.3, 0.4) is 0 Å². The number of aryl methyl sites for hydroxylation is 1. The van der Waals surface area contributed by atoms with Crippen LogP contribution in [0.4, 0.5) is 10.5 Å². The zero-order valence-electron chi connectivity index (χ0n) is 16.4. The normalized spacial score (nSPS) is 15.3. The second-order valence-electron chi connectivity index (χ2n) is 6.73. The molecule has 4 rings (SSSR count). The van der Waals surface area contributed by atoms with Crippen LogP contribution in [-0.4, -0.2) is 40.2 Å². The van der Waals surface area contributed by atoms with Gasteiger partial charge >= 0.3 is 0 Å². The minimum absolute atomic E-state index is 0.293. The van der Waals surface area contributed by atoms with Crippen LogP contribution < -0.4 is 10.1 Å². The third-order valence-corrected chi connectivity index (χ3v) is 5.68. The number of ether oxygens (including phenoxy) is 1. The number of carbonyl (C=O) groups is 3. The van der Waals surface area contributed by atoms with Gasteiger partial charge in [-0.25, -0.2) is 0 Å². The van der Waals surface area contributed by atoms with Crippen molar-refractivity contribution < 1.29 is 19.1 Å². The topological polar surface area (TPSA) is 80.6 Å². The molecule has 1 fully saturated rings. The molecule has 1 aromatic heterocycles. The Bertz CT molecular complexity index is 1200. The summed E-state index contributed by atoms with van der Waals surface area (Å²) in [6.45, 7) is -0.365. The van der Waals surface area contributed by atoms with Gasteiger partial charge in [0.2, 0.25) is 5.91 Å². The van der Waals surface area contributed by atoms with Crippen molar-refractivity contribution in [3.63, 3.8) is 0 Å². The minimum Gasteiger partial charge on any atom is -0.495 e. The SMILES string of the molecule is COc1ccccc1NC(=O)CN1C(=O)S/C(=C/c2cn(C)c3ccccc23)C1=O. The molecule has 7 nitrogen and oxygen atoms in total. The number of fused-ring (bicyclic) bond motifs is 1. The number of aromatic nitrogens is 1. The lowest BCUT2D eigenvalue weighted by Gasteiger charge is -2.14. The molecule has 30 heavy (non-hydrogen) atoms. The summed E-state index contributed by atoms with van der Waals surface area (Å²) < 4.78 is 7.17. The van der Waals surface area contributed by atoms with Gasteiger partial charge in [0.15, 0.2) is 0 Å². The Labute approximate surface area is 177 Å². The number of methoxy groups -OCH3 is 1. The minimum atomic E-state index is -0.479. The zero-order chi connectivity index (χ0) is 21.3. The molecule has 1 N–H and O–H groups in total. The van der Waals surface area contributed by atoms with Crippen molar-refractivity contribution in [1.29, 1.82) is 0 Å². The van der Waals surface area contributed by atoms with E-state index < -0.39 is 17.1 Å². The van der Waals surface area contributed by atoms with Crippen molar-refractivity contribution >= 4 is 51.5 Å². The number of para-hydroxylation sites is 3. The van der Waals surface area contributed by atoms with Gasteiger partial charge in [-0.2, -0.15) is 0 Å². The van der Waals surface area contributed by atoms with E-state index in [2.05, 4.69) is 5.32 Å². The Balaban J connectivity index is 1.52. The molecule has 0 saturated carbocycles. The van der Waals surface area contributed by atoms with Crippen molar-refractivity contribution in [3.8, 4) is 5.75 Å². The summed E-state index contributed by atoms with van der Waals surface area (Å²) in [5, 5.41) is 3.20. The van der Waals surface area contributed by atoms with Crippen molar-refractivity contribution in [2.24, 2.45) is 7.05 Å². The molecule has 0 unspecified atom stereocenters. The van der Waals surface area contributed by atoms with Crippen LogP contribution in [0, 0.1) is 0 Å². The largest absolute Gasteiger partial charge is 0.495 e. The maximum atomic E-state index is 12.8. The average Bonchev–Trinajstić information content (AvgIpc) is 3.20. The Morgan fingerprint density at radius 1 is 1.13 bits per heavy atom. The molecule has 0 spiro atoms. The number of rotatable bonds is 5. The molecule has 8 heteroatoms. The molecule has 3 aromatic rings. The van der Waals surface area contributed by atoms with Crippen molar-refractivity contribution in [2.45, 2.75) is 0 Å². The summed E-state index contributed by atoms with van der Waals surface area (Å²) in [5.41, 5.74) is 2.35. The van der Waals surface area contributed by atoms with Gasteiger partial charge in [0.25, 0.3) is 11.1 Å². The van der Waals surface area contributed by atoms with Crippen LogP contribution in [-0.2, 0) is 16.6 Å². The third kappa shape index (κ3) is 3.69. The summed E-state index contributed by atoms with van der Waals surface area (Å²) in [7, 11) is 3.42. The molecule has 2 aromatic carbocycles. The van der Waals surface area contributed by atoms with E-state index in [-0.39, 0.29) is 6.54 Å². The molecular formula is C22H19N3O4S. The quantitative estimate of drug-likeness (QED) is 0.633. The van der Waals surface area contributed by atoms with Gasteiger partial charge in [0.1, 0.15) is 12.3 Å². The number of nitrogens with zero attached hydrogens (tertiary/aromatic N) is 2. The number of hydrogen-bond donors (Lipinski definition) is 1. The summed E-state index contributed by atoms with van der Waals surface area (Å²) in [4.78, 5) is 38.8. The lowest BCUT2D eigenvalue weighted by Crippen LogP contribution is -2.36. The van der Waals surface area contributed by atoms with E-state index in [4.69, 9.17) is 4.74 Å². The second kappa shape index (κ2) is 8.08. The Morgan fingerprint density at radius 2 is 1.87 bits per heavy atom. The molecule has 0 atom stereocenters. The van der Waals surface area contributed by atoms with Crippen molar-refractivity contribution in [1.82, 2.24) is 9.47 Å². The number of thioether (sulfide) groups is 1. The molecule has 0 radical (unpaired) electrons. The summed E-state index contributed by atoms with van der Waals surface area (Å²) in [5.74, 6) is -0.461. The molecule has 152 valence electrons. The van der Waals surface area contributed by atoms with Crippen LogP contribution in [0.25, 0.3) is 17.0 Å². The fourth-order valence-corrected chi connectivity index (χ4v) is 4.18. The molecule has 0 bridgehead atoms. The fourth-order valence-electron chi connectivity index (χ4n) is 3.35. The van der Waals surface area contributed by atoms with Gasteiger partial charge in [-0.05, 0) is 36.0 Å². The number of benzene rings is 2. The third-order valence-electron chi connectivity index (χ3n) is 4.77. The van der Waals surface area contributed by atoms with Gasteiger partial charge in [-0.15, -0.1) is 0 Å². The predicted molar refractivity (Wildman–Crippen MR) is 117 cm³/mol. The van der Waals surface area contributed by atoms with Crippen molar-refractivity contribution in [3.05, 3.63) is 65.2 Å². The summed E-state index contributed by atoms with van der Waals surface area (Å²) in [6, 6.07) is 14.8. The first-order valence-corrected chi connectivity index (χ1v) is 10.0. The lowest BCUT2D eigenvalue weighted by atomic mass is 10.1. The zero-order valence-corrected chi connectivity index (χ0v) is 17.2. The average molecular weight is 421 g/mol. The van der Waals surface area contributed by atoms with E-state index in [1.165, 1.54) is 7.11 Å². The molecule has 1 aliphatic heterocycles. The first-order valence-electron chi connectivity index (χ1n) is 9.20. The Morgan fingerprint density at radius 3 is 2.67 bits per heavy atom. The van der Waals surface area contributed by atoms with Crippen LogP contribution in [0.1, 0.15) is 5.56 Å². The number of imide groups is 1. The van der Waals surface area contributed by atoms with Gasteiger partial charge < -0.3 is 14.6 Å². The van der Waals surface area contributed by atoms with E-state index in [0.29, 0.717) is 16.3 Å². The monoisotopic (exact) mass is 421 g/mol. The van der Waals surface area contributed by atoms with E-state index in [9.17, 15) is 14.4 Å². The van der Waals surface area contributed by atoms with Gasteiger partial charge in [-0.1, -0.05) is 30.3 Å². The van der Waals surface area contributed by atoms with Gasteiger partial charge in [0, 0.05) is 29.7 Å². The van der Waals surface area contributed by atoms with Crippen LogP contribution >= 0.6 is 11.8 Å². The number of carbonyl (C=O) groups excluding carboxylic acids is 3. The number of amides is 3. The highest BCUT2D eigenvalue weighted by Gasteiger charge is 2.36. The van der Waals surface area contributed by atoms with Crippen LogP contribution in [0.5, 0.6) is 5.75 Å². The highest BCUT2D eigenvalue weighted by molar-refractivity contribution is 8.18. The summed E-state index contributed by atoms with van der Waals surface area (Å²) in [6.07, 6.45) is 3.61. The maximum absolute atomic E-state index is 12.8. The van der Waals surface area contributed by atoms with Gasteiger partial charge in [0.05, 0.1) is 17.7 Å². The van der Waals surface area contributed by atoms with E-state index in [0.717, 1.165) is 33.1 Å². The second-order valence-corrected chi connectivity index (χ2v) is 7.72. The van der Waals surface area contributed by atoms with Crippen LogP contribution in [0.2, 0.25) is 0 Å². The van der Waals surface area contributed by atoms with E-state index in [1.807, 2.05) is 42.1 Å². The number of hydrogen-bond acceptors (Lipinski definition) is 5. The Hall–Kier alpha value is -3.52. The predicted octanol–water partition coefficient (Wildman–Crippen LogP) is 3.86. The standard InChI is InChI=1S/C22H19N3O4S/c1-24-12-14(15-7-3-5-9-17(15)24)11-19-21(27)25(22(28)30-19)13-20(26)23-16-8-4-6-10-18(16)29-2/h3-12H,13H2,1-2H3,(H,23,26)/b19-11+. The lowest BCUT2D eigenvalue weighted by molar-refractivity contribution is -0.127. The molecule has 1 aliphatic rings. The number of nitrogens with one attached hydrogen (secondary N) is 1. The highest BCUT2D eigenvalue weighted by Crippen LogP contribution is 2.34.